The van der Waals surface area contributed by atoms with Crippen molar-refractivity contribution in [2.45, 2.75) is 46.0 Å². The third-order valence-electron chi connectivity index (χ3n) is 4.58. The molecule has 1 amide bonds. The number of halogens is 2. The Labute approximate surface area is 154 Å². The summed E-state index contributed by atoms with van der Waals surface area (Å²) in [5.74, 6) is 2.67. The Morgan fingerprint density at radius 2 is 1.74 bits per heavy atom. The zero-order valence-electron chi connectivity index (χ0n) is 14.7. The van der Waals surface area contributed by atoms with Crippen LogP contribution in [0.5, 0.6) is 0 Å². The van der Waals surface area contributed by atoms with Gasteiger partial charge in [0.25, 0.3) is 0 Å². The molecule has 2 N–H and O–H groups in total. The molecule has 1 heterocycles. The lowest BCUT2D eigenvalue weighted by atomic mass is 9.92. The molecule has 0 radical (unpaired) electrons. The second-order valence-electron chi connectivity index (χ2n) is 7.34. The Morgan fingerprint density at radius 1 is 1.09 bits per heavy atom. The number of nitrogens with zero attached hydrogens (tertiary/aromatic N) is 1. The van der Waals surface area contributed by atoms with Gasteiger partial charge in [-0.3, -0.25) is 4.79 Å². The highest BCUT2D eigenvalue weighted by Gasteiger charge is 2.21. The number of hydrogen-bond donors (Lipinski definition) is 2. The predicted molar refractivity (Wildman–Crippen MR) is 102 cm³/mol. The van der Waals surface area contributed by atoms with Gasteiger partial charge in [-0.25, -0.2) is 0 Å². The maximum Gasteiger partial charge on any atom is 0.233 e. The van der Waals surface area contributed by atoms with E-state index in [0.717, 1.165) is 37.3 Å². The molecule has 1 saturated heterocycles. The predicted octanol–water partition coefficient (Wildman–Crippen LogP) is 2.70. The SMILES string of the molecule is CC1CC(C)CN(CCCCNC(=O)CNCC2CC2)C1.Cl.Cl. The number of amides is 1. The molecule has 138 valence electrons. The fourth-order valence-corrected chi connectivity index (χ4v) is 3.44. The van der Waals surface area contributed by atoms with Crippen LogP contribution in [0.2, 0.25) is 0 Å². The first-order chi connectivity index (χ1) is 10.1. The maximum absolute atomic E-state index is 11.6. The molecule has 6 heteroatoms. The molecule has 1 saturated carbocycles. The van der Waals surface area contributed by atoms with Gasteiger partial charge in [-0.1, -0.05) is 13.8 Å². The number of rotatable bonds is 9. The van der Waals surface area contributed by atoms with Crippen LogP contribution in [0.3, 0.4) is 0 Å². The molecule has 0 bridgehead atoms. The van der Waals surface area contributed by atoms with Crippen molar-refractivity contribution in [3.8, 4) is 0 Å². The minimum absolute atomic E-state index is 0. The highest BCUT2D eigenvalue weighted by Crippen LogP contribution is 2.27. The minimum atomic E-state index is 0. The normalized spacial score (nSPS) is 24.4. The van der Waals surface area contributed by atoms with Crippen LogP contribution >= 0.6 is 24.8 Å². The minimum Gasteiger partial charge on any atom is -0.355 e. The van der Waals surface area contributed by atoms with E-state index in [9.17, 15) is 4.79 Å². The summed E-state index contributed by atoms with van der Waals surface area (Å²) in [5.41, 5.74) is 0. The first kappa shape index (κ1) is 23.0. The van der Waals surface area contributed by atoms with Gasteiger partial charge in [0, 0.05) is 19.6 Å². The van der Waals surface area contributed by atoms with Gasteiger partial charge < -0.3 is 15.5 Å². The van der Waals surface area contributed by atoms with E-state index in [0.29, 0.717) is 6.54 Å². The van der Waals surface area contributed by atoms with Crippen LogP contribution in [0.15, 0.2) is 0 Å². The van der Waals surface area contributed by atoms with Crippen LogP contribution < -0.4 is 10.6 Å². The monoisotopic (exact) mass is 367 g/mol. The topological polar surface area (TPSA) is 44.4 Å². The molecule has 1 aliphatic heterocycles. The zero-order chi connectivity index (χ0) is 15.1. The number of carbonyl (C=O) groups excluding carboxylic acids is 1. The molecule has 23 heavy (non-hydrogen) atoms. The molecule has 2 fully saturated rings. The average molecular weight is 368 g/mol. The van der Waals surface area contributed by atoms with Crippen LogP contribution in [0, 0.1) is 17.8 Å². The van der Waals surface area contributed by atoms with Gasteiger partial charge in [-0.15, -0.1) is 24.8 Å². The third kappa shape index (κ3) is 10.4. The lowest BCUT2D eigenvalue weighted by Crippen LogP contribution is -2.39. The van der Waals surface area contributed by atoms with Crippen molar-refractivity contribution in [1.82, 2.24) is 15.5 Å². The second kappa shape index (κ2) is 12.3. The Balaban J connectivity index is 0.00000242. The molecular weight excluding hydrogens is 333 g/mol. The Bertz CT molecular complexity index is 317. The summed E-state index contributed by atoms with van der Waals surface area (Å²) in [4.78, 5) is 14.2. The average Bonchev–Trinajstić information content (AvgIpc) is 3.21. The first-order valence-corrected chi connectivity index (χ1v) is 8.83. The van der Waals surface area contributed by atoms with E-state index in [1.165, 1.54) is 45.3 Å². The zero-order valence-corrected chi connectivity index (χ0v) is 16.3. The van der Waals surface area contributed by atoms with Crippen LogP contribution in [0.4, 0.5) is 0 Å². The third-order valence-corrected chi connectivity index (χ3v) is 4.58. The summed E-state index contributed by atoms with van der Waals surface area (Å²) in [6.07, 6.45) is 6.33. The van der Waals surface area contributed by atoms with E-state index >= 15 is 0 Å². The van der Waals surface area contributed by atoms with Crippen molar-refractivity contribution < 1.29 is 4.79 Å². The summed E-state index contributed by atoms with van der Waals surface area (Å²) in [6, 6.07) is 0. The summed E-state index contributed by atoms with van der Waals surface area (Å²) in [6.45, 7) is 10.7. The molecule has 0 aromatic heterocycles. The number of nitrogens with one attached hydrogen (secondary N) is 2. The van der Waals surface area contributed by atoms with Gasteiger partial charge >= 0.3 is 0 Å². The molecular formula is C17H35Cl2N3O. The second-order valence-corrected chi connectivity index (χ2v) is 7.34. The van der Waals surface area contributed by atoms with Gasteiger partial charge in [0.1, 0.15) is 0 Å². The molecule has 2 atom stereocenters. The quantitative estimate of drug-likeness (QED) is 0.615. The Hall–Kier alpha value is -0.0300. The van der Waals surface area contributed by atoms with Crippen molar-refractivity contribution in [2.24, 2.45) is 17.8 Å². The van der Waals surface area contributed by atoms with Crippen molar-refractivity contribution in [2.75, 3.05) is 39.3 Å². The molecule has 4 nitrogen and oxygen atoms in total. The van der Waals surface area contributed by atoms with E-state index < -0.39 is 0 Å². The number of carbonyl (C=O) groups is 1. The largest absolute Gasteiger partial charge is 0.355 e. The van der Waals surface area contributed by atoms with Crippen molar-refractivity contribution in [3.05, 3.63) is 0 Å². The molecule has 1 aliphatic carbocycles. The van der Waals surface area contributed by atoms with Gasteiger partial charge in [0.2, 0.25) is 5.91 Å². The van der Waals surface area contributed by atoms with E-state index in [1.54, 1.807) is 0 Å². The Kier molecular flexibility index (Phi) is 12.3. The van der Waals surface area contributed by atoms with Crippen LogP contribution in [0.1, 0.15) is 46.0 Å². The summed E-state index contributed by atoms with van der Waals surface area (Å²) in [7, 11) is 0. The van der Waals surface area contributed by atoms with Crippen LogP contribution in [0.25, 0.3) is 0 Å². The van der Waals surface area contributed by atoms with E-state index in [4.69, 9.17) is 0 Å². The standard InChI is InChI=1S/C17H33N3O.2ClH/c1-14-9-15(2)13-20(12-14)8-4-3-7-19-17(21)11-18-10-16-5-6-16;;/h14-16,18H,3-13H2,1-2H3,(H,19,21);2*1H. The molecule has 0 aromatic rings. The fourth-order valence-electron chi connectivity index (χ4n) is 3.44. The van der Waals surface area contributed by atoms with Gasteiger partial charge in [0.15, 0.2) is 0 Å². The number of likely N-dealkylation sites (tertiary alicyclic amines) is 1. The van der Waals surface area contributed by atoms with Crippen molar-refractivity contribution in [3.63, 3.8) is 0 Å². The lowest BCUT2D eigenvalue weighted by molar-refractivity contribution is -0.120. The summed E-state index contributed by atoms with van der Waals surface area (Å²) in [5, 5.41) is 6.24. The van der Waals surface area contributed by atoms with E-state index in [-0.39, 0.29) is 30.7 Å². The smallest absolute Gasteiger partial charge is 0.233 e. The van der Waals surface area contributed by atoms with Crippen LogP contribution in [-0.2, 0) is 4.79 Å². The highest BCUT2D eigenvalue weighted by atomic mass is 35.5. The Morgan fingerprint density at radius 3 is 2.35 bits per heavy atom. The molecule has 2 aliphatic rings. The maximum atomic E-state index is 11.6. The van der Waals surface area contributed by atoms with Gasteiger partial charge in [-0.2, -0.15) is 0 Å². The molecule has 2 unspecified atom stereocenters. The van der Waals surface area contributed by atoms with E-state index in [1.807, 2.05) is 0 Å². The van der Waals surface area contributed by atoms with Crippen molar-refractivity contribution >= 4 is 30.7 Å². The molecule has 0 spiro atoms. The number of piperidine rings is 1. The van der Waals surface area contributed by atoms with Crippen LogP contribution in [-0.4, -0.2) is 50.1 Å². The summed E-state index contributed by atoms with van der Waals surface area (Å²) < 4.78 is 0. The molecule has 2 rings (SSSR count). The number of hydrogen-bond acceptors (Lipinski definition) is 3. The van der Waals surface area contributed by atoms with E-state index in [2.05, 4.69) is 29.4 Å². The first-order valence-electron chi connectivity index (χ1n) is 8.83. The number of unbranched alkanes of at least 4 members (excludes halogenated alkanes) is 1. The highest BCUT2D eigenvalue weighted by molar-refractivity contribution is 5.85. The van der Waals surface area contributed by atoms with Gasteiger partial charge in [0.05, 0.1) is 6.54 Å². The van der Waals surface area contributed by atoms with Crippen molar-refractivity contribution in [1.29, 1.82) is 0 Å². The van der Waals surface area contributed by atoms with Gasteiger partial charge in [-0.05, 0) is 62.9 Å². The lowest BCUT2D eigenvalue weighted by Gasteiger charge is -2.34. The summed E-state index contributed by atoms with van der Waals surface area (Å²) >= 11 is 0. The molecule has 0 aromatic carbocycles. The fraction of sp³-hybridized carbons (Fsp3) is 0.941.